The molecule has 1 aromatic rings. The van der Waals surface area contributed by atoms with Crippen LogP contribution in [0.2, 0.25) is 0 Å². The van der Waals surface area contributed by atoms with Crippen LogP contribution in [-0.4, -0.2) is 17.0 Å². The molecule has 11 heavy (non-hydrogen) atoms. The van der Waals surface area contributed by atoms with E-state index in [-0.39, 0.29) is 0 Å². The first-order valence-electron chi connectivity index (χ1n) is 3.21. The highest BCUT2D eigenvalue weighted by atomic mass is 16.1. The summed E-state index contributed by atoms with van der Waals surface area (Å²) in [6, 6.07) is 3.20. The second-order valence-electron chi connectivity index (χ2n) is 2.22. The smallest absolute Gasteiger partial charge is 0.150 e. The maximum atomic E-state index is 10.3. The molecular weight excluding hydrogens is 140 g/mol. The lowest BCUT2D eigenvalue weighted by Crippen LogP contribution is -1.96. The molecule has 0 aromatic carbocycles. The molecule has 0 saturated carbocycles. The summed E-state index contributed by atoms with van der Waals surface area (Å²) in [7, 11) is 0. The molecule has 1 N–H and O–H groups in total. The van der Waals surface area contributed by atoms with Crippen LogP contribution >= 0.6 is 0 Å². The van der Waals surface area contributed by atoms with E-state index in [4.69, 9.17) is 5.41 Å². The quantitative estimate of drug-likeness (QED) is 0.507. The van der Waals surface area contributed by atoms with Crippen LogP contribution in [0.25, 0.3) is 0 Å². The van der Waals surface area contributed by atoms with Gasteiger partial charge in [-0.1, -0.05) is 0 Å². The van der Waals surface area contributed by atoms with Crippen molar-refractivity contribution in [1.82, 2.24) is 4.98 Å². The molecule has 0 aliphatic heterocycles. The third kappa shape index (κ3) is 1.70. The first kappa shape index (κ1) is 7.60. The molecule has 0 unspecified atom stereocenters. The average Bonchev–Trinajstić information content (AvgIpc) is 2.05. The fourth-order valence-corrected chi connectivity index (χ4v) is 0.725. The molecule has 3 heteroatoms. The number of aldehydes is 1. The number of carbonyl (C=O) groups is 1. The van der Waals surface area contributed by atoms with Crippen molar-refractivity contribution in [3.63, 3.8) is 0 Å². The van der Waals surface area contributed by atoms with E-state index in [1.807, 2.05) is 0 Å². The first-order valence-corrected chi connectivity index (χ1v) is 3.21. The molecule has 1 aromatic heterocycles. The maximum absolute atomic E-state index is 10.3. The summed E-state index contributed by atoms with van der Waals surface area (Å²) in [4.78, 5) is 14.2. The van der Waals surface area contributed by atoms with E-state index in [0.29, 0.717) is 17.0 Å². The van der Waals surface area contributed by atoms with Crippen LogP contribution in [0.1, 0.15) is 23.0 Å². The fourth-order valence-electron chi connectivity index (χ4n) is 0.725. The van der Waals surface area contributed by atoms with Crippen molar-refractivity contribution in [2.45, 2.75) is 6.92 Å². The standard InChI is InChI=1S/C8H8N2O/c1-6(9)8-4-7(5-11)2-3-10-8/h2-5,9H,1H3. The Labute approximate surface area is 64.6 Å². The molecule has 0 atom stereocenters. The summed E-state index contributed by atoms with van der Waals surface area (Å²) in [6.45, 7) is 1.64. The van der Waals surface area contributed by atoms with E-state index in [1.165, 1.54) is 6.20 Å². The Hall–Kier alpha value is -1.51. The van der Waals surface area contributed by atoms with E-state index in [9.17, 15) is 4.79 Å². The summed E-state index contributed by atoms with van der Waals surface area (Å²) < 4.78 is 0. The monoisotopic (exact) mass is 148 g/mol. The topological polar surface area (TPSA) is 53.8 Å². The minimum absolute atomic E-state index is 0.369. The summed E-state index contributed by atoms with van der Waals surface area (Å²) in [5.74, 6) is 0. The van der Waals surface area contributed by atoms with Crippen LogP contribution in [0, 0.1) is 5.41 Å². The van der Waals surface area contributed by atoms with Crippen LogP contribution in [0.15, 0.2) is 18.3 Å². The number of hydrogen-bond acceptors (Lipinski definition) is 3. The highest BCUT2D eigenvalue weighted by Gasteiger charge is 1.96. The van der Waals surface area contributed by atoms with E-state index >= 15 is 0 Å². The Morgan fingerprint density at radius 2 is 2.45 bits per heavy atom. The van der Waals surface area contributed by atoms with Crippen molar-refractivity contribution in [3.05, 3.63) is 29.6 Å². The van der Waals surface area contributed by atoms with Gasteiger partial charge in [0.1, 0.15) is 6.29 Å². The molecule has 1 heterocycles. The van der Waals surface area contributed by atoms with Gasteiger partial charge in [-0.05, 0) is 19.1 Å². The van der Waals surface area contributed by atoms with Crippen LogP contribution in [0.5, 0.6) is 0 Å². The normalized spacial score (nSPS) is 9.18. The van der Waals surface area contributed by atoms with Gasteiger partial charge in [-0.2, -0.15) is 0 Å². The van der Waals surface area contributed by atoms with Crippen LogP contribution < -0.4 is 0 Å². The number of rotatable bonds is 2. The molecule has 0 bridgehead atoms. The van der Waals surface area contributed by atoms with Gasteiger partial charge in [-0.25, -0.2) is 0 Å². The van der Waals surface area contributed by atoms with Gasteiger partial charge in [-0.15, -0.1) is 0 Å². The zero-order valence-corrected chi connectivity index (χ0v) is 6.16. The van der Waals surface area contributed by atoms with E-state index < -0.39 is 0 Å². The number of carbonyl (C=O) groups excluding carboxylic acids is 1. The van der Waals surface area contributed by atoms with Crippen molar-refractivity contribution in [2.75, 3.05) is 0 Å². The number of aromatic nitrogens is 1. The molecule has 0 aliphatic rings. The molecule has 0 saturated heterocycles. The Kier molecular flexibility index (Phi) is 2.11. The SMILES string of the molecule is CC(=N)c1cc(C=O)ccn1. The first-order chi connectivity index (χ1) is 5.24. The summed E-state index contributed by atoms with van der Waals surface area (Å²) in [6.07, 6.45) is 2.27. The van der Waals surface area contributed by atoms with Crippen LogP contribution in [0.4, 0.5) is 0 Å². The Balaban J connectivity index is 3.10. The molecule has 0 amide bonds. The lowest BCUT2D eigenvalue weighted by molar-refractivity contribution is 0.112. The Morgan fingerprint density at radius 3 is 3.00 bits per heavy atom. The zero-order chi connectivity index (χ0) is 8.27. The number of pyridine rings is 1. The predicted molar refractivity (Wildman–Crippen MR) is 42.1 cm³/mol. The van der Waals surface area contributed by atoms with Crippen molar-refractivity contribution in [2.24, 2.45) is 0 Å². The van der Waals surface area contributed by atoms with Crippen molar-refractivity contribution in [3.8, 4) is 0 Å². The minimum atomic E-state index is 0.369. The van der Waals surface area contributed by atoms with Gasteiger partial charge in [0.15, 0.2) is 0 Å². The molecule has 0 aliphatic carbocycles. The molecule has 0 radical (unpaired) electrons. The van der Waals surface area contributed by atoms with E-state index in [1.54, 1.807) is 19.1 Å². The van der Waals surface area contributed by atoms with Crippen molar-refractivity contribution in [1.29, 1.82) is 5.41 Å². The maximum Gasteiger partial charge on any atom is 0.150 e. The fraction of sp³-hybridized carbons (Fsp3) is 0.125. The highest BCUT2D eigenvalue weighted by Crippen LogP contribution is 1.98. The lowest BCUT2D eigenvalue weighted by atomic mass is 10.2. The number of nitrogens with one attached hydrogen (secondary N) is 1. The third-order valence-electron chi connectivity index (χ3n) is 1.30. The summed E-state index contributed by atoms with van der Waals surface area (Å²) >= 11 is 0. The van der Waals surface area contributed by atoms with E-state index in [2.05, 4.69) is 4.98 Å². The Morgan fingerprint density at radius 1 is 1.73 bits per heavy atom. The second kappa shape index (κ2) is 3.05. The molecule has 0 spiro atoms. The van der Waals surface area contributed by atoms with Gasteiger partial charge in [0.05, 0.1) is 11.4 Å². The van der Waals surface area contributed by atoms with Crippen molar-refractivity contribution < 1.29 is 4.79 Å². The summed E-state index contributed by atoms with van der Waals surface area (Å²) in [5, 5.41) is 7.23. The lowest BCUT2D eigenvalue weighted by Gasteiger charge is -1.95. The van der Waals surface area contributed by atoms with E-state index in [0.717, 1.165) is 6.29 Å². The van der Waals surface area contributed by atoms with Gasteiger partial charge in [0.2, 0.25) is 0 Å². The predicted octanol–water partition coefficient (Wildman–Crippen LogP) is 1.28. The minimum Gasteiger partial charge on any atom is -0.303 e. The summed E-state index contributed by atoms with van der Waals surface area (Å²) in [5.41, 5.74) is 1.48. The average molecular weight is 148 g/mol. The largest absolute Gasteiger partial charge is 0.303 e. The third-order valence-corrected chi connectivity index (χ3v) is 1.30. The molecule has 1 rings (SSSR count). The number of nitrogens with zero attached hydrogens (tertiary/aromatic N) is 1. The van der Waals surface area contributed by atoms with Gasteiger partial charge in [0, 0.05) is 11.8 Å². The van der Waals surface area contributed by atoms with Gasteiger partial charge < -0.3 is 5.41 Å². The molecule has 3 nitrogen and oxygen atoms in total. The Bertz CT molecular complexity index is 294. The van der Waals surface area contributed by atoms with Crippen LogP contribution in [-0.2, 0) is 0 Å². The molecule has 0 fully saturated rings. The van der Waals surface area contributed by atoms with Crippen LogP contribution in [0.3, 0.4) is 0 Å². The van der Waals surface area contributed by atoms with Gasteiger partial charge in [0.25, 0.3) is 0 Å². The highest BCUT2D eigenvalue weighted by molar-refractivity contribution is 5.95. The second-order valence-corrected chi connectivity index (χ2v) is 2.22. The number of hydrogen-bond donors (Lipinski definition) is 1. The zero-order valence-electron chi connectivity index (χ0n) is 6.16. The van der Waals surface area contributed by atoms with Crippen molar-refractivity contribution >= 4 is 12.0 Å². The van der Waals surface area contributed by atoms with Gasteiger partial charge >= 0.3 is 0 Å². The molecule has 56 valence electrons. The molecular formula is C8H8N2O. The van der Waals surface area contributed by atoms with Gasteiger partial charge in [-0.3, -0.25) is 9.78 Å².